The Morgan fingerprint density at radius 2 is 1.97 bits per heavy atom. The second-order valence-corrected chi connectivity index (χ2v) is 8.93. The molecule has 0 saturated heterocycles. The molecule has 0 aliphatic carbocycles. The van der Waals surface area contributed by atoms with Crippen molar-refractivity contribution >= 4 is 33.8 Å². The van der Waals surface area contributed by atoms with E-state index in [2.05, 4.69) is 83.5 Å². The zero-order valence-electron chi connectivity index (χ0n) is 19.4. The summed E-state index contributed by atoms with van der Waals surface area (Å²) >= 11 is 0. The van der Waals surface area contributed by atoms with Crippen molar-refractivity contribution in [3.05, 3.63) is 83.7 Å². The zero-order valence-corrected chi connectivity index (χ0v) is 19.4. The van der Waals surface area contributed by atoms with Gasteiger partial charge >= 0.3 is 0 Å². The van der Waals surface area contributed by atoms with Crippen LogP contribution in [0.25, 0.3) is 16.5 Å². The lowest BCUT2D eigenvalue weighted by Gasteiger charge is -2.28. The first-order valence-electron chi connectivity index (χ1n) is 11.2. The van der Waals surface area contributed by atoms with Gasteiger partial charge in [0.15, 0.2) is 0 Å². The maximum absolute atomic E-state index is 11.1. The van der Waals surface area contributed by atoms with Crippen molar-refractivity contribution in [1.29, 1.82) is 5.41 Å². The van der Waals surface area contributed by atoms with Crippen LogP contribution in [-0.4, -0.2) is 41.2 Å². The fourth-order valence-corrected chi connectivity index (χ4v) is 4.46. The van der Waals surface area contributed by atoms with Crippen molar-refractivity contribution in [3.8, 4) is 0 Å². The summed E-state index contributed by atoms with van der Waals surface area (Å²) in [6.07, 6.45) is 5.89. The Hall–Kier alpha value is -3.64. The molecule has 0 bridgehead atoms. The molecule has 0 saturated carbocycles. The van der Waals surface area contributed by atoms with E-state index in [1.54, 1.807) is 6.92 Å². The molecule has 4 N–H and O–H groups in total. The predicted molar refractivity (Wildman–Crippen MR) is 136 cm³/mol. The highest BCUT2D eigenvalue weighted by Gasteiger charge is 2.17. The van der Waals surface area contributed by atoms with E-state index < -0.39 is 5.91 Å². The van der Waals surface area contributed by atoms with Gasteiger partial charge in [0.05, 0.1) is 0 Å². The summed E-state index contributed by atoms with van der Waals surface area (Å²) < 4.78 is 2.25. The molecule has 3 aromatic rings. The number of fused-ring (bicyclic) bond motifs is 1. The molecule has 1 aromatic heterocycles. The molecule has 1 amide bonds. The fourth-order valence-electron chi connectivity index (χ4n) is 4.46. The number of benzene rings is 2. The number of nitrogens with two attached hydrogens (primary N) is 1. The summed E-state index contributed by atoms with van der Waals surface area (Å²) in [4.78, 5) is 13.4. The molecule has 6 nitrogen and oxygen atoms in total. The number of rotatable bonds is 7. The van der Waals surface area contributed by atoms with E-state index in [9.17, 15) is 4.79 Å². The first-order valence-corrected chi connectivity index (χ1v) is 11.2. The molecule has 0 spiro atoms. The van der Waals surface area contributed by atoms with E-state index in [0.29, 0.717) is 11.6 Å². The van der Waals surface area contributed by atoms with Crippen LogP contribution in [0.2, 0.25) is 0 Å². The van der Waals surface area contributed by atoms with Gasteiger partial charge in [-0.25, -0.2) is 0 Å². The Bertz CT molecular complexity index is 1250. The smallest absolute Gasteiger partial charge is 0.266 e. The van der Waals surface area contributed by atoms with Crippen molar-refractivity contribution in [2.45, 2.75) is 20.4 Å². The van der Waals surface area contributed by atoms with Gasteiger partial charge in [-0.2, -0.15) is 0 Å². The highest BCUT2D eigenvalue weighted by atomic mass is 16.1. The summed E-state index contributed by atoms with van der Waals surface area (Å²) in [7, 11) is 2.17. The van der Waals surface area contributed by atoms with Crippen LogP contribution in [0.4, 0.5) is 5.69 Å². The molecule has 2 aromatic carbocycles. The van der Waals surface area contributed by atoms with E-state index in [-0.39, 0.29) is 5.71 Å². The van der Waals surface area contributed by atoms with Gasteiger partial charge in [0.2, 0.25) is 0 Å². The molecule has 2 heterocycles. The minimum absolute atomic E-state index is 0.222. The summed E-state index contributed by atoms with van der Waals surface area (Å²) in [5.41, 5.74) is 11.7. The Balaban J connectivity index is 1.47. The minimum Gasteiger partial charge on any atom is -0.364 e. The molecule has 33 heavy (non-hydrogen) atoms. The molecule has 1 aliphatic rings. The van der Waals surface area contributed by atoms with Gasteiger partial charge in [-0.3, -0.25) is 10.2 Å². The third-order valence-electron chi connectivity index (χ3n) is 6.12. The Morgan fingerprint density at radius 3 is 2.67 bits per heavy atom. The van der Waals surface area contributed by atoms with Crippen LogP contribution in [0, 0.1) is 11.3 Å². The van der Waals surface area contributed by atoms with Crippen LogP contribution in [0.5, 0.6) is 0 Å². The number of hydrogen-bond donors (Lipinski definition) is 3. The van der Waals surface area contributed by atoms with Gasteiger partial charge in [-0.1, -0.05) is 37.3 Å². The number of likely N-dealkylation sites (N-methyl/N-ethyl adjacent to an activating group) is 1. The van der Waals surface area contributed by atoms with Gasteiger partial charge in [-0.05, 0) is 66.9 Å². The quantitative estimate of drug-likeness (QED) is 0.473. The number of carbonyl (C=O) groups excluding carboxylic acids is 1. The van der Waals surface area contributed by atoms with Crippen LogP contribution in [0.3, 0.4) is 0 Å². The fraction of sp³-hybridized carbons (Fsp3) is 0.259. The third-order valence-corrected chi connectivity index (χ3v) is 6.12. The number of anilines is 1. The molecule has 170 valence electrons. The Morgan fingerprint density at radius 1 is 1.21 bits per heavy atom. The average Bonchev–Trinajstić information content (AvgIpc) is 3.16. The molecule has 1 aliphatic heterocycles. The maximum atomic E-state index is 11.1. The van der Waals surface area contributed by atoms with Crippen LogP contribution in [0.15, 0.2) is 72.6 Å². The van der Waals surface area contributed by atoms with Crippen LogP contribution in [-0.2, 0) is 11.3 Å². The first-order chi connectivity index (χ1) is 15.8. The normalized spacial score (nSPS) is 17.1. The second kappa shape index (κ2) is 9.46. The predicted octanol–water partition coefficient (Wildman–Crippen LogP) is 4.48. The Labute approximate surface area is 194 Å². The standard InChI is InChI=1S/C27H31N5O/c1-18-16-31(3)12-11-24(18)21-6-4-20(5-7-21)17-32-13-10-22-15-23(8-9-26(22)32)30-19(2)14-25(28)27(29)33/h4-11,13-15,18,28,30H,12,16-17H2,1-3H3,(H2,29,33)/b19-14-,28-25?. The lowest BCUT2D eigenvalue weighted by Crippen LogP contribution is -2.29. The molecular formula is C27H31N5O. The van der Waals surface area contributed by atoms with Crippen molar-refractivity contribution in [1.82, 2.24) is 9.47 Å². The topological polar surface area (TPSA) is 87.1 Å². The van der Waals surface area contributed by atoms with Crippen molar-refractivity contribution in [2.75, 3.05) is 25.5 Å². The van der Waals surface area contributed by atoms with Crippen molar-refractivity contribution < 1.29 is 4.79 Å². The second-order valence-electron chi connectivity index (χ2n) is 8.93. The zero-order chi connectivity index (χ0) is 23.5. The summed E-state index contributed by atoms with van der Waals surface area (Å²) in [6, 6.07) is 17.2. The number of hydrogen-bond acceptors (Lipinski definition) is 4. The van der Waals surface area contributed by atoms with Crippen LogP contribution < -0.4 is 11.1 Å². The van der Waals surface area contributed by atoms with Gasteiger partial charge < -0.3 is 20.5 Å². The van der Waals surface area contributed by atoms with Crippen molar-refractivity contribution in [3.63, 3.8) is 0 Å². The van der Waals surface area contributed by atoms with Crippen LogP contribution in [0.1, 0.15) is 25.0 Å². The number of allylic oxidation sites excluding steroid dienone is 1. The molecule has 6 heteroatoms. The summed E-state index contributed by atoms with van der Waals surface area (Å²) in [5, 5.41) is 11.9. The number of nitrogens with zero attached hydrogens (tertiary/aromatic N) is 2. The SMILES string of the molecule is C/C(=C/C(=N)C(N)=O)Nc1ccc2c(ccn2Cc2ccc(C3=CCN(C)CC3C)cc2)c1. The third kappa shape index (κ3) is 5.23. The van der Waals surface area contributed by atoms with E-state index in [0.717, 1.165) is 36.2 Å². The van der Waals surface area contributed by atoms with Crippen molar-refractivity contribution in [2.24, 2.45) is 11.7 Å². The minimum atomic E-state index is -0.741. The van der Waals surface area contributed by atoms with Gasteiger partial charge in [0, 0.05) is 48.1 Å². The first kappa shape index (κ1) is 22.6. The van der Waals surface area contributed by atoms with E-state index in [1.165, 1.54) is 22.8 Å². The number of amides is 1. The highest BCUT2D eigenvalue weighted by Crippen LogP contribution is 2.28. The van der Waals surface area contributed by atoms with E-state index in [4.69, 9.17) is 11.1 Å². The molecule has 1 atom stereocenters. The monoisotopic (exact) mass is 441 g/mol. The lowest BCUT2D eigenvalue weighted by atomic mass is 9.90. The van der Waals surface area contributed by atoms with Crippen LogP contribution >= 0.6 is 0 Å². The molecule has 1 unspecified atom stereocenters. The number of primary amides is 1. The number of aromatic nitrogens is 1. The summed E-state index contributed by atoms with van der Waals surface area (Å²) in [5.74, 6) is -0.194. The number of nitrogens with one attached hydrogen (secondary N) is 2. The summed E-state index contributed by atoms with van der Waals surface area (Å²) in [6.45, 7) is 7.02. The molecular weight excluding hydrogens is 410 g/mol. The van der Waals surface area contributed by atoms with E-state index in [1.807, 2.05) is 6.07 Å². The average molecular weight is 442 g/mol. The molecule has 0 fully saturated rings. The Kier molecular flexibility index (Phi) is 6.47. The largest absolute Gasteiger partial charge is 0.364 e. The maximum Gasteiger partial charge on any atom is 0.266 e. The van der Waals surface area contributed by atoms with E-state index >= 15 is 0 Å². The van der Waals surface area contributed by atoms with Gasteiger partial charge in [-0.15, -0.1) is 0 Å². The van der Waals surface area contributed by atoms with Gasteiger partial charge in [0.25, 0.3) is 5.91 Å². The number of carbonyl (C=O) groups is 1. The van der Waals surface area contributed by atoms with Gasteiger partial charge in [0.1, 0.15) is 5.71 Å². The lowest BCUT2D eigenvalue weighted by molar-refractivity contribution is -0.111. The molecule has 0 radical (unpaired) electrons. The highest BCUT2D eigenvalue weighted by molar-refractivity contribution is 6.41. The molecule has 4 rings (SSSR count).